The van der Waals surface area contributed by atoms with Crippen LogP contribution >= 0.6 is 11.8 Å². The minimum Gasteiger partial charge on any atom is -0.486 e. The van der Waals surface area contributed by atoms with Gasteiger partial charge in [-0.05, 0) is 31.2 Å². The highest BCUT2D eigenvalue weighted by Gasteiger charge is 2.13. The van der Waals surface area contributed by atoms with Crippen LogP contribution in [0.1, 0.15) is 12.5 Å². The first-order chi connectivity index (χ1) is 12.3. The number of fused-ring (bicyclic) bond motifs is 1. The predicted molar refractivity (Wildman–Crippen MR) is 95.4 cm³/mol. The number of rotatable bonds is 7. The van der Waals surface area contributed by atoms with E-state index in [0.717, 1.165) is 22.0 Å². The number of amides is 1. The summed E-state index contributed by atoms with van der Waals surface area (Å²) in [6.45, 7) is 3.96. The smallest absolute Gasteiger partial charge is 0.230 e. The molecule has 1 amide bonds. The Morgan fingerprint density at radius 1 is 1.28 bits per heavy atom. The number of ether oxygens (including phenoxy) is 3. The van der Waals surface area contributed by atoms with Gasteiger partial charge in [-0.1, -0.05) is 6.07 Å². The van der Waals surface area contributed by atoms with Crippen molar-refractivity contribution in [2.24, 2.45) is 0 Å². The van der Waals surface area contributed by atoms with Crippen LogP contribution in [0.25, 0.3) is 0 Å². The molecule has 1 aromatic heterocycles. The molecule has 1 N–H and O–H groups in total. The molecule has 0 unspecified atom stereocenters. The van der Waals surface area contributed by atoms with Crippen LogP contribution in [0.3, 0.4) is 0 Å². The summed E-state index contributed by atoms with van der Waals surface area (Å²) < 4.78 is 16.5. The number of benzene rings is 1. The molecule has 2 heterocycles. The van der Waals surface area contributed by atoms with Gasteiger partial charge in [-0.15, -0.1) is 11.8 Å². The van der Waals surface area contributed by atoms with Crippen molar-refractivity contribution in [3.05, 3.63) is 42.1 Å². The molecule has 132 valence electrons. The highest BCUT2D eigenvalue weighted by Crippen LogP contribution is 2.34. The summed E-state index contributed by atoms with van der Waals surface area (Å²) in [5, 5.41) is 2.89. The van der Waals surface area contributed by atoms with E-state index in [1.807, 2.05) is 37.3 Å². The van der Waals surface area contributed by atoms with Crippen molar-refractivity contribution in [3.8, 4) is 17.4 Å². The van der Waals surface area contributed by atoms with Crippen LogP contribution in [-0.2, 0) is 11.3 Å². The van der Waals surface area contributed by atoms with Crippen molar-refractivity contribution in [1.29, 1.82) is 0 Å². The average molecular weight is 360 g/mol. The molecule has 0 saturated carbocycles. The second-order valence-corrected chi connectivity index (χ2v) is 6.32. The van der Waals surface area contributed by atoms with Gasteiger partial charge in [0, 0.05) is 23.2 Å². The maximum atomic E-state index is 12.1. The molecule has 25 heavy (non-hydrogen) atoms. The Balaban J connectivity index is 1.50. The van der Waals surface area contributed by atoms with E-state index in [1.165, 1.54) is 11.8 Å². The van der Waals surface area contributed by atoms with E-state index in [2.05, 4.69) is 10.3 Å². The van der Waals surface area contributed by atoms with E-state index < -0.39 is 0 Å². The van der Waals surface area contributed by atoms with Crippen LogP contribution in [0, 0.1) is 0 Å². The standard InChI is InChI=1S/C18H20N2O4S/c1-2-22-18-13(4-3-7-19-18)11-20-17(21)12-25-14-5-6-15-16(10-14)24-9-8-23-15/h3-7,10H,2,8-9,11-12H2,1H3,(H,20,21). The van der Waals surface area contributed by atoms with Gasteiger partial charge in [0.15, 0.2) is 11.5 Å². The topological polar surface area (TPSA) is 69.7 Å². The predicted octanol–water partition coefficient (Wildman–Crippen LogP) is 2.66. The highest BCUT2D eigenvalue weighted by atomic mass is 32.2. The van der Waals surface area contributed by atoms with Gasteiger partial charge in [-0.3, -0.25) is 4.79 Å². The number of hydrogen-bond acceptors (Lipinski definition) is 6. The van der Waals surface area contributed by atoms with Crippen molar-refractivity contribution >= 4 is 17.7 Å². The van der Waals surface area contributed by atoms with E-state index in [9.17, 15) is 4.79 Å². The second kappa shape index (κ2) is 8.62. The van der Waals surface area contributed by atoms with Crippen molar-refractivity contribution in [3.63, 3.8) is 0 Å². The van der Waals surface area contributed by atoms with Crippen LogP contribution in [0.2, 0.25) is 0 Å². The fourth-order valence-corrected chi connectivity index (χ4v) is 3.09. The van der Waals surface area contributed by atoms with Gasteiger partial charge in [0.05, 0.1) is 12.4 Å². The van der Waals surface area contributed by atoms with Crippen molar-refractivity contribution < 1.29 is 19.0 Å². The molecule has 0 aliphatic carbocycles. The third-order valence-electron chi connectivity index (χ3n) is 3.49. The third kappa shape index (κ3) is 4.79. The summed E-state index contributed by atoms with van der Waals surface area (Å²) in [4.78, 5) is 17.2. The van der Waals surface area contributed by atoms with E-state index in [-0.39, 0.29) is 5.91 Å². The summed E-state index contributed by atoms with van der Waals surface area (Å²) in [5.41, 5.74) is 0.863. The number of hydrogen-bond donors (Lipinski definition) is 1. The van der Waals surface area contributed by atoms with Gasteiger partial charge in [-0.2, -0.15) is 0 Å². The average Bonchev–Trinajstić information content (AvgIpc) is 2.66. The number of pyridine rings is 1. The molecule has 0 fully saturated rings. The Labute approximate surface area is 150 Å². The molecule has 0 radical (unpaired) electrons. The van der Waals surface area contributed by atoms with E-state index in [0.29, 0.717) is 38.0 Å². The van der Waals surface area contributed by atoms with Gasteiger partial charge in [-0.25, -0.2) is 4.98 Å². The van der Waals surface area contributed by atoms with Crippen molar-refractivity contribution in [1.82, 2.24) is 10.3 Å². The minimum absolute atomic E-state index is 0.0498. The van der Waals surface area contributed by atoms with E-state index in [4.69, 9.17) is 14.2 Å². The third-order valence-corrected chi connectivity index (χ3v) is 4.48. The molecule has 0 atom stereocenters. The van der Waals surface area contributed by atoms with Crippen LogP contribution < -0.4 is 19.5 Å². The number of carbonyl (C=O) groups is 1. The molecule has 6 nitrogen and oxygen atoms in total. The molecule has 1 aromatic carbocycles. The van der Waals surface area contributed by atoms with Crippen molar-refractivity contribution in [2.75, 3.05) is 25.6 Å². The first-order valence-electron chi connectivity index (χ1n) is 8.12. The number of nitrogens with one attached hydrogen (secondary N) is 1. The molecule has 0 bridgehead atoms. The molecular formula is C18H20N2O4S. The lowest BCUT2D eigenvalue weighted by molar-refractivity contribution is -0.118. The van der Waals surface area contributed by atoms with Crippen LogP contribution in [0.15, 0.2) is 41.4 Å². The maximum Gasteiger partial charge on any atom is 0.230 e. The summed E-state index contributed by atoms with van der Waals surface area (Å²) in [6, 6.07) is 9.43. The highest BCUT2D eigenvalue weighted by molar-refractivity contribution is 8.00. The summed E-state index contributed by atoms with van der Waals surface area (Å²) in [7, 11) is 0. The van der Waals surface area contributed by atoms with Gasteiger partial charge in [0.2, 0.25) is 11.8 Å². The Bertz CT molecular complexity index is 739. The monoisotopic (exact) mass is 360 g/mol. The van der Waals surface area contributed by atoms with Gasteiger partial charge in [0.1, 0.15) is 13.2 Å². The Morgan fingerprint density at radius 2 is 2.12 bits per heavy atom. The molecule has 0 saturated heterocycles. The zero-order chi connectivity index (χ0) is 17.5. The molecule has 1 aliphatic heterocycles. The molecule has 0 spiro atoms. The number of carbonyl (C=O) groups excluding carboxylic acids is 1. The lowest BCUT2D eigenvalue weighted by atomic mass is 10.2. The zero-order valence-corrected chi connectivity index (χ0v) is 14.8. The summed E-state index contributed by atoms with van der Waals surface area (Å²) in [6.07, 6.45) is 1.67. The molecule has 1 aliphatic rings. The quantitative estimate of drug-likeness (QED) is 0.766. The van der Waals surface area contributed by atoms with Gasteiger partial charge >= 0.3 is 0 Å². The largest absolute Gasteiger partial charge is 0.486 e. The summed E-state index contributed by atoms with van der Waals surface area (Å²) in [5.74, 6) is 2.31. The number of thioether (sulfide) groups is 1. The summed E-state index contributed by atoms with van der Waals surface area (Å²) >= 11 is 1.46. The van der Waals surface area contributed by atoms with Gasteiger partial charge in [0.25, 0.3) is 0 Å². The Kier molecular flexibility index (Phi) is 6.00. The van der Waals surface area contributed by atoms with Crippen LogP contribution in [-0.4, -0.2) is 36.5 Å². The maximum absolute atomic E-state index is 12.1. The SMILES string of the molecule is CCOc1ncccc1CNC(=O)CSc1ccc2c(c1)OCCO2. The normalized spacial score (nSPS) is 12.5. The number of aromatic nitrogens is 1. The lowest BCUT2D eigenvalue weighted by Crippen LogP contribution is -2.25. The molecular weight excluding hydrogens is 340 g/mol. The Morgan fingerprint density at radius 3 is 2.96 bits per heavy atom. The molecule has 3 rings (SSSR count). The van der Waals surface area contributed by atoms with Gasteiger partial charge < -0.3 is 19.5 Å². The second-order valence-electron chi connectivity index (χ2n) is 5.27. The molecule has 2 aromatic rings. The zero-order valence-electron chi connectivity index (χ0n) is 14.0. The fourth-order valence-electron chi connectivity index (χ4n) is 2.33. The minimum atomic E-state index is -0.0498. The number of nitrogens with zero attached hydrogens (tertiary/aromatic N) is 1. The van der Waals surface area contributed by atoms with E-state index in [1.54, 1.807) is 6.20 Å². The lowest BCUT2D eigenvalue weighted by Gasteiger charge is -2.18. The Hall–Kier alpha value is -2.41. The van der Waals surface area contributed by atoms with E-state index >= 15 is 0 Å². The first kappa shape index (κ1) is 17.4. The van der Waals surface area contributed by atoms with Crippen LogP contribution in [0.4, 0.5) is 0 Å². The van der Waals surface area contributed by atoms with Crippen molar-refractivity contribution in [2.45, 2.75) is 18.4 Å². The van der Waals surface area contributed by atoms with Crippen LogP contribution in [0.5, 0.6) is 17.4 Å². The first-order valence-corrected chi connectivity index (χ1v) is 9.10. The molecule has 7 heteroatoms. The fraction of sp³-hybridized carbons (Fsp3) is 0.333.